The monoisotopic (exact) mass is 485 g/mol. The van der Waals surface area contributed by atoms with Gasteiger partial charge in [-0.15, -0.1) is 0 Å². The fourth-order valence-corrected chi connectivity index (χ4v) is 4.91. The van der Waals surface area contributed by atoms with Crippen molar-refractivity contribution in [1.29, 1.82) is 0 Å². The first kappa shape index (κ1) is 23.8. The number of rotatable bonds is 8. The van der Waals surface area contributed by atoms with Gasteiger partial charge in [0.05, 0.1) is 5.56 Å². The van der Waals surface area contributed by atoms with Gasteiger partial charge in [-0.3, -0.25) is 14.5 Å². The van der Waals surface area contributed by atoms with Crippen molar-refractivity contribution in [3.05, 3.63) is 70.1 Å². The maximum absolute atomic E-state index is 14.0. The third kappa shape index (κ3) is 5.07. The van der Waals surface area contributed by atoms with Crippen LogP contribution in [0.3, 0.4) is 0 Å². The maximum atomic E-state index is 14.0. The highest BCUT2D eigenvalue weighted by molar-refractivity contribution is 7.18. The summed E-state index contributed by atoms with van der Waals surface area (Å²) in [6, 6.07) is 10.4. The molecule has 0 radical (unpaired) electrons. The fourth-order valence-electron chi connectivity index (χ4n) is 4.06. The number of likely N-dealkylation sites (N-methyl/N-ethyl adjacent to an activating group) is 1. The molecule has 2 heterocycles. The quantitative estimate of drug-likeness (QED) is 0.414. The highest BCUT2D eigenvalue weighted by Crippen LogP contribution is 2.31. The number of nitrogens with two attached hydrogens (primary N) is 1. The van der Waals surface area contributed by atoms with Crippen LogP contribution in [-0.2, 0) is 0 Å². The number of aromatic nitrogens is 1. The molecule has 1 aromatic heterocycles. The number of carbonyl (C=O) groups is 2. The highest BCUT2D eigenvalue weighted by Gasteiger charge is 2.25. The summed E-state index contributed by atoms with van der Waals surface area (Å²) in [6.07, 6.45) is 2.24. The van der Waals surface area contributed by atoms with Gasteiger partial charge in [0.1, 0.15) is 22.3 Å². The number of halogens is 2. The average molecular weight is 486 g/mol. The number of nitrogen functional groups attached to an aromatic ring is 1. The van der Waals surface area contributed by atoms with Crippen molar-refractivity contribution < 1.29 is 18.4 Å². The molecule has 3 aromatic rings. The Bertz CT molecular complexity index is 1180. The lowest BCUT2D eigenvalue weighted by molar-refractivity contribution is 0.0940. The van der Waals surface area contributed by atoms with Crippen LogP contribution in [0.15, 0.2) is 42.5 Å². The summed E-state index contributed by atoms with van der Waals surface area (Å²) in [4.78, 5) is 31.5. The number of hydrogen-bond donors (Lipinski definition) is 3. The van der Waals surface area contributed by atoms with Crippen molar-refractivity contribution in [2.24, 2.45) is 0 Å². The number of carbonyl (C=O) groups excluding carboxylic acids is 2. The van der Waals surface area contributed by atoms with Crippen LogP contribution in [0.1, 0.15) is 45.4 Å². The van der Waals surface area contributed by atoms with Crippen molar-refractivity contribution >= 4 is 39.7 Å². The first-order valence-electron chi connectivity index (χ1n) is 11.0. The molecule has 1 aliphatic heterocycles. The molecule has 1 atom stereocenters. The molecular formula is C24H25F2N5O2S. The van der Waals surface area contributed by atoms with E-state index in [1.165, 1.54) is 6.07 Å². The average Bonchev–Trinajstić information content (AvgIpc) is 3.43. The zero-order chi connectivity index (χ0) is 24.2. The van der Waals surface area contributed by atoms with Crippen LogP contribution in [0, 0.1) is 11.6 Å². The Morgan fingerprint density at radius 3 is 2.56 bits per heavy atom. The number of nitrogens with one attached hydrogen (secondary N) is 2. The van der Waals surface area contributed by atoms with Crippen LogP contribution in [0.25, 0.3) is 0 Å². The Labute approximate surface area is 200 Å². The molecule has 0 bridgehead atoms. The van der Waals surface area contributed by atoms with Crippen LogP contribution < -0.4 is 16.4 Å². The van der Waals surface area contributed by atoms with E-state index in [4.69, 9.17) is 5.73 Å². The number of likely N-dealkylation sites (tertiary alicyclic amines) is 1. The van der Waals surface area contributed by atoms with Gasteiger partial charge in [0.2, 0.25) is 5.78 Å². The van der Waals surface area contributed by atoms with Gasteiger partial charge in [-0.2, -0.15) is 0 Å². The van der Waals surface area contributed by atoms with Crippen LogP contribution in [0.4, 0.5) is 25.4 Å². The third-order valence-corrected chi connectivity index (χ3v) is 6.84. The Balaban J connectivity index is 1.40. The lowest BCUT2D eigenvalue weighted by atomic mass is 10.1. The molecule has 7 nitrogen and oxygen atoms in total. The largest absolute Gasteiger partial charge is 0.382 e. The van der Waals surface area contributed by atoms with Gasteiger partial charge in [0.15, 0.2) is 5.13 Å². The minimum atomic E-state index is -0.962. The topological polar surface area (TPSA) is 100 Å². The molecule has 0 spiro atoms. The summed E-state index contributed by atoms with van der Waals surface area (Å²) >= 11 is 0.896. The van der Waals surface area contributed by atoms with E-state index in [0.29, 0.717) is 23.8 Å². The predicted molar refractivity (Wildman–Crippen MR) is 129 cm³/mol. The first-order chi connectivity index (χ1) is 16.4. The summed E-state index contributed by atoms with van der Waals surface area (Å²) < 4.78 is 28.0. The lowest BCUT2D eigenvalue weighted by Crippen LogP contribution is -2.40. The van der Waals surface area contributed by atoms with Gasteiger partial charge in [-0.1, -0.05) is 24.3 Å². The minimum Gasteiger partial charge on any atom is -0.382 e. The summed E-state index contributed by atoms with van der Waals surface area (Å²) in [5.41, 5.74) is 6.32. The number of nitrogens with zero attached hydrogens (tertiary/aromatic N) is 2. The van der Waals surface area contributed by atoms with Crippen molar-refractivity contribution in [2.45, 2.75) is 25.8 Å². The number of ketones is 1. The zero-order valence-corrected chi connectivity index (χ0v) is 19.4. The van der Waals surface area contributed by atoms with E-state index in [0.717, 1.165) is 49.4 Å². The number of amides is 1. The number of benzene rings is 2. The molecule has 178 valence electrons. The second-order valence-corrected chi connectivity index (χ2v) is 9.00. The predicted octanol–water partition coefficient (Wildman–Crippen LogP) is 4.19. The first-order valence-corrected chi connectivity index (χ1v) is 11.8. The Hall–Kier alpha value is -3.37. The molecule has 1 saturated heterocycles. The molecule has 1 fully saturated rings. The summed E-state index contributed by atoms with van der Waals surface area (Å²) in [7, 11) is 0. The Kier molecular flexibility index (Phi) is 7.18. The van der Waals surface area contributed by atoms with Crippen LogP contribution in [0.2, 0.25) is 0 Å². The van der Waals surface area contributed by atoms with Gasteiger partial charge < -0.3 is 16.4 Å². The number of anilines is 3. The molecule has 1 aliphatic rings. The van der Waals surface area contributed by atoms with E-state index in [2.05, 4.69) is 27.4 Å². The molecule has 0 aliphatic carbocycles. The van der Waals surface area contributed by atoms with E-state index >= 15 is 0 Å². The van der Waals surface area contributed by atoms with E-state index in [1.54, 1.807) is 24.3 Å². The molecule has 4 rings (SSSR count). The van der Waals surface area contributed by atoms with Crippen molar-refractivity contribution in [1.82, 2.24) is 15.2 Å². The SMILES string of the molecule is CCN1CCC[C@H]1CNC(=O)c1ccc(Nc2nc(N)c(C(=O)c3c(F)cccc3F)s2)cc1. The standard InChI is InChI=1S/C24H25F2N5O2S/c1-2-31-12-4-5-16(31)13-28-23(33)14-8-10-15(11-9-14)29-24-30-22(27)21(34-24)20(32)19-17(25)6-3-7-18(19)26/h3,6-11,16H,2,4-5,12-13,27H2,1H3,(H,28,33)(H,29,30)/t16-/m0/s1. The summed E-state index contributed by atoms with van der Waals surface area (Å²) in [5, 5.41) is 6.29. The van der Waals surface area contributed by atoms with E-state index in [-0.39, 0.29) is 21.7 Å². The molecule has 0 unspecified atom stereocenters. The van der Waals surface area contributed by atoms with Gasteiger partial charge in [0.25, 0.3) is 5.91 Å². The van der Waals surface area contributed by atoms with Crippen molar-refractivity contribution in [3.8, 4) is 0 Å². The summed E-state index contributed by atoms with van der Waals surface area (Å²) in [5.74, 6) is -3.06. The van der Waals surface area contributed by atoms with Gasteiger partial charge in [0, 0.05) is 23.8 Å². The van der Waals surface area contributed by atoms with Gasteiger partial charge >= 0.3 is 0 Å². The highest BCUT2D eigenvalue weighted by atomic mass is 32.1. The molecule has 10 heteroatoms. The van der Waals surface area contributed by atoms with Crippen molar-refractivity contribution in [2.75, 3.05) is 30.7 Å². The molecule has 34 heavy (non-hydrogen) atoms. The zero-order valence-electron chi connectivity index (χ0n) is 18.6. The van der Waals surface area contributed by atoms with Gasteiger partial charge in [-0.25, -0.2) is 13.8 Å². The van der Waals surface area contributed by atoms with Gasteiger partial charge in [-0.05, 0) is 62.3 Å². The fraction of sp³-hybridized carbons (Fsp3) is 0.292. The Morgan fingerprint density at radius 2 is 1.88 bits per heavy atom. The molecule has 0 saturated carbocycles. The second kappa shape index (κ2) is 10.3. The maximum Gasteiger partial charge on any atom is 0.251 e. The second-order valence-electron chi connectivity index (χ2n) is 8.00. The molecule has 2 aromatic carbocycles. The molecule has 4 N–H and O–H groups in total. The third-order valence-electron chi connectivity index (χ3n) is 5.85. The summed E-state index contributed by atoms with van der Waals surface area (Å²) in [6.45, 7) is 4.79. The molecule has 1 amide bonds. The van der Waals surface area contributed by atoms with Crippen molar-refractivity contribution in [3.63, 3.8) is 0 Å². The van der Waals surface area contributed by atoms with Crippen LogP contribution >= 0.6 is 11.3 Å². The smallest absolute Gasteiger partial charge is 0.251 e. The Morgan fingerprint density at radius 1 is 1.18 bits per heavy atom. The minimum absolute atomic E-state index is 0.0597. The van der Waals surface area contributed by atoms with Crippen LogP contribution in [0.5, 0.6) is 0 Å². The van der Waals surface area contributed by atoms with E-state index in [9.17, 15) is 18.4 Å². The normalized spacial score (nSPS) is 15.9. The number of hydrogen-bond acceptors (Lipinski definition) is 7. The van der Waals surface area contributed by atoms with Crippen LogP contribution in [-0.4, -0.2) is 47.3 Å². The lowest BCUT2D eigenvalue weighted by Gasteiger charge is -2.22. The molecular weight excluding hydrogens is 460 g/mol. The van der Waals surface area contributed by atoms with E-state index in [1.807, 2.05) is 0 Å². The van der Waals surface area contributed by atoms with E-state index < -0.39 is 23.0 Å². The number of thiazole rings is 1.